The zero-order valence-corrected chi connectivity index (χ0v) is 36.9. The lowest BCUT2D eigenvalue weighted by Gasteiger charge is -2.31. The van der Waals surface area contributed by atoms with E-state index in [1.54, 1.807) is 12.1 Å². The average Bonchev–Trinajstić information content (AvgIpc) is 3.41. The molecule has 68 heavy (non-hydrogen) atoms. The molecular weight excluding hydrogens is 835 g/mol. The Morgan fingerprint density at radius 3 is 0.941 bits per heavy atom. The van der Waals surface area contributed by atoms with E-state index in [1.165, 1.54) is 0 Å². The second-order valence-corrected chi connectivity index (χ2v) is 17.1. The normalized spacial score (nSPS) is 11.4. The van der Waals surface area contributed by atoms with Crippen molar-refractivity contribution in [2.24, 2.45) is 0 Å². The van der Waals surface area contributed by atoms with Gasteiger partial charge in [-0.2, -0.15) is 0 Å². The van der Waals surface area contributed by atoms with Gasteiger partial charge in [-0.25, -0.2) is 8.78 Å². The Balaban J connectivity index is 1.10. The van der Waals surface area contributed by atoms with Crippen LogP contribution < -0.4 is 9.80 Å². The minimum absolute atomic E-state index is 0.338. The van der Waals surface area contributed by atoms with E-state index >= 15 is 8.78 Å². The molecule has 12 rings (SSSR count). The summed E-state index contributed by atoms with van der Waals surface area (Å²) in [7, 11) is 0. The molecule has 4 heteroatoms. The van der Waals surface area contributed by atoms with Gasteiger partial charge in [-0.05, 0) is 103 Å². The van der Waals surface area contributed by atoms with Crippen molar-refractivity contribution < 1.29 is 8.78 Å². The summed E-state index contributed by atoms with van der Waals surface area (Å²) in [4.78, 5) is 4.15. The van der Waals surface area contributed by atoms with Gasteiger partial charge in [0.15, 0.2) is 0 Å². The Kier molecular flexibility index (Phi) is 10.3. The maximum Gasteiger partial charge on any atom is 0.147 e. The van der Waals surface area contributed by atoms with E-state index in [1.807, 2.05) is 146 Å². The van der Waals surface area contributed by atoms with Gasteiger partial charge >= 0.3 is 0 Å². The molecule has 0 saturated carbocycles. The maximum atomic E-state index is 17.2. The first kappa shape index (κ1) is 40.6. The van der Waals surface area contributed by atoms with Gasteiger partial charge in [0.05, 0.1) is 34.1 Å². The smallest absolute Gasteiger partial charge is 0.147 e. The van der Waals surface area contributed by atoms with Gasteiger partial charge in [0.1, 0.15) is 11.6 Å². The van der Waals surface area contributed by atoms with Crippen LogP contribution in [0.25, 0.3) is 76.8 Å². The van der Waals surface area contributed by atoms with Crippen LogP contribution in [0.1, 0.15) is 0 Å². The number of nitrogens with zero attached hydrogens (tertiary/aromatic N) is 2. The molecule has 0 aliphatic rings. The van der Waals surface area contributed by atoms with Crippen molar-refractivity contribution >= 4 is 66.4 Å². The first-order valence-electron chi connectivity index (χ1n) is 22.9. The first-order valence-corrected chi connectivity index (χ1v) is 22.9. The molecule has 0 bridgehead atoms. The number of halogens is 2. The SMILES string of the molecule is Fc1cc(-c2ccccc2)ccc1N(c1ccccc1-c1ccccc1)c1ccc2ccc3c(N(c4ccc(-c5ccccc5)cc4F)c4ccccc4-c4ccccc4)ccc4ccc1c2c43. The number of para-hydroxylation sites is 2. The Bertz CT molecular complexity index is 3510. The van der Waals surface area contributed by atoms with Gasteiger partial charge in [-0.15, -0.1) is 0 Å². The summed E-state index contributed by atoms with van der Waals surface area (Å²) in [6.45, 7) is 0. The third-order valence-electron chi connectivity index (χ3n) is 13.2. The van der Waals surface area contributed by atoms with Crippen LogP contribution in [0.2, 0.25) is 0 Å². The predicted molar refractivity (Wildman–Crippen MR) is 281 cm³/mol. The van der Waals surface area contributed by atoms with Crippen LogP contribution in [0, 0.1) is 11.6 Å². The number of benzene rings is 12. The molecule has 0 aromatic heterocycles. The molecular formula is C64H42F2N2. The fourth-order valence-electron chi connectivity index (χ4n) is 10.00. The van der Waals surface area contributed by atoms with Crippen LogP contribution >= 0.6 is 0 Å². The molecule has 0 radical (unpaired) electrons. The monoisotopic (exact) mass is 876 g/mol. The van der Waals surface area contributed by atoms with Crippen LogP contribution in [0.4, 0.5) is 42.9 Å². The van der Waals surface area contributed by atoms with Gasteiger partial charge in [0.2, 0.25) is 0 Å². The van der Waals surface area contributed by atoms with Crippen molar-refractivity contribution in [2.75, 3.05) is 9.80 Å². The summed E-state index contributed by atoms with van der Waals surface area (Å²) in [6.07, 6.45) is 0. The van der Waals surface area contributed by atoms with Crippen LogP contribution in [-0.4, -0.2) is 0 Å². The zero-order valence-electron chi connectivity index (χ0n) is 36.9. The van der Waals surface area contributed by atoms with Crippen molar-refractivity contribution in [3.8, 4) is 44.5 Å². The Labute approximate surface area is 394 Å². The van der Waals surface area contributed by atoms with Crippen LogP contribution in [0.5, 0.6) is 0 Å². The summed E-state index contributed by atoms with van der Waals surface area (Å²) < 4.78 is 34.4. The summed E-state index contributed by atoms with van der Waals surface area (Å²) in [5.74, 6) is -0.675. The van der Waals surface area contributed by atoms with Crippen molar-refractivity contribution in [3.63, 3.8) is 0 Å². The van der Waals surface area contributed by atoms with E-state index in [0.717, 1.165) is 99.6 Å². The molecule has 0 unspecified atom stereocenters. The number of rotatable bonds is 10. The summed E-state index contributed by atoms with van der Waals surface area (Å²) in [5.41, 5.74) is 11.7. The number of anilines is 6. The zero-order chi connectivity index (χ0) is 45.6. The molecule has 0 atom stereocenters. The molecule has 0 aliphatic carbocycles. The van der Waals surface area contributed by atoms with E-state index in [2.05, 4.69) is 107 Å². The third-order valence-corrected chi connectivity index (χ3v) is 13.2. The second-order valence-electron chi connectivity index (χ2n) is 17.1. The Hall–Kier alpha value is -8.86. The second kappa shape index (κ2) is 17.2. The Morgan fingerprint density at radius 2 is 0.559 bits per heavy atom. The minimum Gasteiger partial charge on any atom is -0.306 e. The molecule has 0 heterocycles. The molecule has 0 fully saturated rings. The summed E-state index contributed by atoms with van der Waals surface area (Å²) in [5, 5.41) is 6.09. The highest BCUT2D eigenvalue weighted by Gasteiger charge is 2.27. The number of hydrogen-bond acceptors (Lipinski definition) is 2. The summed E-state index contributed by atoms with van der Waals surface area (Å²) in [6, 6.07) is 85.0. The highest BCUT2D eigenvalue weighted by molar-refractivity contribution is 6.28. The van der Waals surface area contributed by atoms with Gasteiger partial charge in [-0.1, -0.05) is 206 Å². The lowest BCUT2D eigenvalue weighted by Crippen LogP contribution is -2.14. The standard InChI is InChI=1S/C64H42F2N2/c65-55-41-49(43-17-5-1-6-18-43)33-39-61(55)67(57-27-15-13-25-51(57)45-21-9-3-10-22-45)59-37-31-47-30-36-54-60(38-32-48-29-35-53(59)63(47)64(48)54)68(58-28-16-14-26-52(58)46-23-11-4-12-24-46)62-40-34-50(42-56(62)66)44-19-7-2-8-20-44/h1-42H. The lowest BCUT2D eigenvalue weighted by molar-refractivity contribution is 0.629. The molecule has 12 aromatic rings. The quantitative estimate of drug-likeness (QED) is 0.126. The lowest BCUT2D eigenvalue weighted by atomic mass is 9.91. The first-order chi connectivity index (χ1) is 33.6. The molecule has 0 aliphatic heterocycles. The van der Waals surface area contributed by atoms with Crippen molar-refractivity contribution in [1.82, 2.24) is 0 Å². The van der Waals surface area contributed by atoms with Crippen molar-refractivity contribution in [2.45, 2.75) is 0 Å². The highest BCUT2D eigenvalue weighted by Crippen LogP contribution is 2.51. The third kappa shape index (κ3) is 7.11. The molecule has 0 N–H and O–H groups in total. The van der Waals surface area contributed by atoms with Gasteiger partial charge < -0.3 is 9.80 Å². The van der Waals surface area contributed by atoms with Crippen molar-refractivity contribution in [1.29, 1.82) is 0 Å². The number of hydrogen-bond donors (Lipinski definition) is 0. The van der Waals surface area contributed by atoms with Gasteiger partial charge in [-0.3, -0.25) is 0 Å². The van der Waals surface area contributed by atoms with E-state index in [-0.39, 0.29) is 11.6 Å². The predicted octanol–water partition coefficient (Wildman–Crippen LogP) is 18.5. The molecule has 0 amide bonds. The maximum absolute atomic E-state index is 17.2. The molecule has 0 saturated heterocycles. The highest BCUT2D eigenvalue weighted by atomic mass is 19.1. The van der Waals surface area contributed by atoms with E-state index in [9.17, 15) is 0 Å². The van der Waals surface area contributed by atoms with Gasteiger partial charge in [0.25, 0.3) is 0 Å². The Morgan fingerprint density at radius 1 is 0.235 bits per heavy atom. The molecule has 2 nitrogen and oxygen atoms in total. The largest absolute Gasteiger partial charge is 0.306 e. The van der Waals surface area contributed by atoms with Crippen LogP contribution in [0.15, 0.2) is 255 Å². The van der Waals surface area contributed by atoms with E-state index in [4.69, 9.17) is 0 Å². The average molecular weight is 877 g/mol. The van der Waals surface area contributed by atoms with E-state index < -0.39 is 0 Å². The molecule has 0 spiro atoms. The summed E-state index contributed by atoms with van der Waals surface area (Å²) >= 11 is 0. The fraction of sp³-hybridized carbons (Fsp3) is 0. The van der Waals surface area contributed by atoms with Gasteiger partial charge in [0, 0.05) is 21.9 Å². The topological polar surface area (TPSA) is 6.48 Å². The molecule has 322 valence electrons. The molecule has 12 aromatic carbocycles. The minimum atomic E-state index is -0.338. The van der Waals surface area contributed by atoms with E-state index in [0.29, 0.717) is 11.4 Å². The van der Waals surface area contributed by atoms with Crippen LogP contribution in [-0.2, 0) is 0 Å². The van der Waals surface area contributed by atoms with Crippen LogP contribution in [0.3, 0.4) is 0 Å². The van der Waals surface area contributed by atoms with Crippen molar-refractivity contribution in [3.05, 3.63) is 266 Å². The fourth-order valence-corrected chi connectivity index (χ4v) is 10.00.